The van der Waals surface area contributed by atoms with E-state index < -0.39 is 0 Å². The maximum atomic E-state index is 10.7. The number of aryl methyl sites for hydroxylation is 1. The fraction of sp³-hybridized carbons (Fsp3) is 0.231. The largest absolute Gasteiger partial charge is 0.378 e. The summed E-state index contributed by atoms with van der Waals surface area (Å²) in [6.45, 7) is 1.78. The summed E-state index contributed by atoms with van der Waals surface area (Å²) in [5, 5.41) is 8.64. The van der Waals surface area contributed by atoms with Crippen LogP contribution in [0.5, 0.6) is 0 Å². The Labute approximate surface area is 115 Å². The number of anilines is 1. The van der Waals surface area contributed by atoms with Crippen molar-refractivity contribution in [2.75, 3.05) is 19.0 Å². The van der Waals surface area contributed by atoms with Gasteiger partial charge in [-0.1, -0.05) is 11.3 Å². The average molecular weight is 274 g/mol. The summed E-state index contributed by atoms with van der Waals surface area (Å²) in [6, 6.07) is 7.72. The quantitative estimate of drug-likeness (QED) is 0.630. The van der Waals surface area contributed by atoms with Gasteiger partial charge in [0.2, 0.25) is 5.13 Å². The Kier molecular flexibility index (Phi) is 4.01. The second-order valence-electron chi connectivity index (χ2n) is 4.17. The highest BCUT2D eigenvalue weighted by atomic mass is 32.1. The summed E-state index contributed by atoms with van der Waals surface area (Å²) in [4.78, 5) is 17.5. The zero-order valence-electron chi connectivity index (χ0n) is 11.0. The number of benzene rings is 1. The summed E-state index contributed by atoms with van der Waals surface area (Å²) in [7, 11) is 3.96. The van der Waals surface area contributed by atoms with Gasteiger partial charge < -0.3 is 4.90 Å². The Morgan fingerprint density at radius 1 is 1.21 bits per heavy atom. The molecule has 1 aromatic carbocycles. The van der Waals surface area contributed by atoms with Crippen molar-refractivity contribution in [3.63, 3.8) is 0 Å². The van der Waals surface area contributed by atoms with Crippen molar-refractivity contribution in [2.24, 2.45) is 10.2 Å². The first-order valence-corrected chi connectivity index (χ1v) is 6.53. The number of aromatic nitrogens is 1. The number of carbonyl (C=O) groups excluding carboxylic acids is 1. The average Bonchev–Trinajstić information content (AvgIpc) is 2.77. The third-order valence-corrected chi connectivity index (χ3v) is 3.51. The lowest BCUT2D eigenvalue weighted by Crippen LogP contribution is -2.07. The van der Waals surface area contributed by atoms with E-state index in [1.54, 1.807) is 6.92 Å². The fourth-order valence-corrected chi connectivity index (χ4v) is 2.17. The van der Waals surface area contributed by atoms with E-state index in [9.17, 15) is 4.79 Å². The number of aldehydes is 1. The van der Waals surface area contributed by atoms with Gasteiger partial charge >= 0.3 is 0 Å². The van der Waals surface area contributed by atoms with E-state index in [0.29, 0.717) is 15.7 Å². The molecule has 0 aliphatic carbocycles. The van der Waals surface area contributed by atoms with Crippen molar-refractivity contribution in [3.05, 3.63) is 34.8 Å². The zero-order valence-corrected chi connectivity index (χ0v) is 11.8. The summed E-state index contributed by atoms with van der Waals surface area (Å²) in [6.07, 6.45) is 0.790. The number of hydrogen-bond donors (Lipinski definition) is 0. The zero-order chi connectivity index (χ0) is 13.8. The second kappa shape index (κ2) is 5.71. The molecule has 0 spiro atoms. The molecule has 0 bridgehead atoms. The monoisotopic (exact) mass is 274 g/mol. The van der Waals surface area contributed by atoms with Crippen molar-refractivity contribution in [1.82, 2.24) is 4.98 Å². The molecule has 5 nitrogen and oxygen atoms in total. The van der Waals surface area contributed by atoms with Crippen LogP contribution >= 0.6 is 11.3 Å². The molecule has 0 saturated heterocycles. The molecule has 2 aromatic rings. The Hall–Kier alpha value is -2.08. The van der Waals surface area contributed by atoms with E-state index in [-0.39, 0.29) is 0 Å². The highest BCUT2D eigenvalue weighted by Gasteiger charge is 2.05. The van der Waals surface area contributed by atoms with Crippen LogP contribution in [0.4, 0.5) is 16.5 Å². The van der Waals surface area contributed by atoms with Crippen LogP contribution in [0.25, 0.3) is 0 Å². The lowest BCUT2D eigenvalue weighted by molar-refractivity contribution is 0.112. The Morgan fingerprint density at radius 2 is 1.89 bits per heavy atom. The first-order chi connectivity index (χ1) is 9.10. The Morgan fingerprint density at radius 3 is 2.42 bits per heavy atom. The topological polar surface area (TPSA) is 57.9 Å². The molecule has 98 valence electrons. The van der Waals surface area contributed by atoms with Crippen molar-refractivity contribution >= 4 is 34.1 Å². The molecule has 19 heavy (non-hydrogen) atoms. The molecule has 2 rings (SSSR count). The standard InChI is InChI=1S/C13H14N4OS/c1-9-12(8-18)19-13(14-9)16-15-10-4-6-11(7-5-10)17(2)3/h4-8H,1-3H3. The number of rotatable bonds is 4. The summed E-state index contributed by atoms with van der Waals surface area (Å²) < 4.78 is 0. The molecular weight excluding hydrogens is 260 g/mol. The van der Waals surface area contributed by atoms with Gasteiger partial charge in [-0.15, -0.1) is 10.2 Å². The highest BCUT2D eigenvalue weighted by Crippen LogP contribution is 2.26. The summed E-state index contributed by atoms with van der Waals surface area (Å²) in [5.74, 6) is 0. The van der Waals surface area contributed by atoms with Crippen LogP contribution in [0.15, 0.2) is 34.5 Å². The third kappa shape index (κ3) is 3.23. The lowest BCUT2D eigenvalue weighted by atomic mass is 10.3. The number of thiazole rings is 1. The maximum Gasteiger partial charge on any atom is 0.230 e. The number of azo groups is 1. The predicted molar refractivity (Wildman–Crippen MR) is 77.2 cm³/mol. The van der Waals surface area contributed by atoms with Crippen molar-refractivity contribution < 1.29 is 4.79 Å². The Balaban J connectivity index is 2.15. The van der Waals surface area contributed by atoms with Gasteiger partial charge in [0.25, 0.3) is 0 Å². The SMILES string of the molecule is Cc1nc(N=Nc2ccc(N(C)C)cc2)sc1C=O. The highest BCUT2D eigenvalue weighted by molar-refractivity contribution is 7.17. The van der Waals surface area contributed by atoms with Gasteiger partial charge in [-0.3, -0.25) is 4.79 Å². The van der Waals surface area contributed by atoms with Crippen LogP contribution in [0, 0.1) is 6.92 Å². The molecule has 0 fully saturated rings. The first kappa shape index (κ1) is 13.4. The minimum Gasteiger partial charge on any atom is -0.378 e. The van der Waals surface area contributed by atoms with Crippen LogP contribution < -0.4 is 4.90 Å². The third-order valence-electron chi connectivity index (χ3n) is 2.55. The van der Waals surface area contributed by atoms with Gasteiger partial charge in [0, 0.05) is 19.8 Å². The van der Waals surface area contributed by atoms with Gasteiger partial charge in [0.15, 0.2) is 6.29 Å². The van der Waals surface area contributed by atoms with Crippen LogP contribution in [0.2, 0.25) is 0 Å². The van der Waals surface area contributed by atoms with E-state index in [1.165, 1.54) is 11.3 Å². The van der Waals surface area contributed by atoms with E-state index in [1.807, 2.05) is 43.3 Å². The molecular formula is C13H14N4OS. The number of hydrogen-bond acceptors (Lipinski definition) is 6. The van der Waals surface area contributed by atoms with E-state index >= 15 is 0 Å². The smallest absolute Gasteiger partial charge is 0.230 e. The second-order valence-corrected chi connectivity index (χ2v) is 5.18. The molecule has 0 amide bonds. The molecule has 1 heterocycles. The molecule has 0 saturated carbocycles. The molecule has 0 N–H and O–H groups in total. The lowest BCUT2D eigenvalue weighted by Gasteiger charge is -2.11. The fourth-order valence-electron chi connectivity index (χ4n) is 1.46. The molecule has 0 aliphatic heterocycles. The molecule has 1 aromatic heterocycles. The van der Waals surface area contributed by atoms with Gasteiger partial charge in [-0.05, 0) is 31.2 Å². The Bertz CT molecular complexity index is 602. The molecule has 0 radical (unpaired) electrons. The van der Waals surface area contributed by atoms with E-state index in [0.717, 1.165) is 17.7 Å². The van der Waals surface area contributed by atoms with Gasteiger partial charge in [-0.2, -0.15) is 0 Å². The maximum absolute atomic E-state index is 10.7. The van der Waals surface area contributed by atoms with Crippen molar-refractivity contribution in [3.8, 4) is 0 Å². The van der Waals surface area contributed by atoms with Crippen molar-refractivity contribution in [2.45, 2.75) is 6.92 Å². The van der Waals surface area contributed by atoms with Crippen LogP contribution in [-0.2, 0) is 0 Å². The summed E-state index contributed by atoms with van der Waals surface area (Å²) in [5.41, 5.74) is 2.55. The number of nitrogens with zero attached hydrogens (tertiary/aromatic N) is 4. The summed E-state index contributed by atoms with van der Waals surface area (Å²) >= 11 is 1.24. The van der Waals surface area contributed by atoms with Crippen LogP contribution in [-0.4, -0.2) is 25.4 Å². The first-order valence-electron chi connectivity index (χ1n) is 5.72. The molecule has 0 unspecified atom stereocenters. The van der Waals surface area contributed by atoms with Gasteiger partial charge in [-0.25, -0.2) is 4.98 Å². The van der Waals surface area contributed by atoms with Crippen LogP contribution in [0.1, 0.15) is 15.4 Å². The van der Waals surface area contributed by atoms with Gasteiger partial charge in [0.1, 0.15) is 0 Å². The van der Waals surface area contributed by atoms with Crippen LogP contribution in [0.3, 0.4) is 0 Å². The number of carbonyl (C=O) groups is 1. The van der Waals surface area contributed by atoms with Crippen molar-refractivity contribution in [1.29, 1.82) is 0 Å². The predicted octanol–water partition coefficient (Wildman–Crippen LogP) is 3.75. The normalized spacial score (nSPS) is 10.9. The minimum absolute atomic E-state index is 0.497. The van der Waals surface area contributed by atoms with E-state index in [2.05, 4.69) is 15.2 Å². The molecule has 0 atom stereocenters. The molecule has 6 heteroatoms. The molecule has 0 aliphatic rings. The van der Waals surface area contributed by atoms with Gasteiger partial charge in [0.05, 0.1) is 16.3 Å². The van der Waals surface area contributed by atoms with E-state index in [4.69, 9.17) is 0 Å². The minimum atomic E-state index is 0.497.